The molecule has 5 aliphatic rings. The lowest BCUT2D eigenvalue weighted by molar-refractivity contribution is -0.196. The number of imide groups is 2. The number of Topliss-reactive ketones (excluding diaryl/α,β-unsaturated/α-hetero) is 1. The number of urea groups is 1. The molecule has 5 fully saturated rings. The predicted molar refractivity (Wildman–Crippen MR) is 173 cm³/mol. The number of benzene rings is 2. The zero-order valence-corrected chi connectivity index (χ0v) is 26.9. The number of hydrogen-bond donors (Lipinski definition) is 4. The molecule has 6 N–H and O–H groups in total. The molecule has 1 saturated heterocycles. The molecule has 2 aromatic rings. The van der Waals surface area contributed by atoms with Gasteiger partial charge < -0.3 is 21.6 Å². The Kier molecular flexibility index (Phi) is 8.22. The lowest BCUT2D eigenvalue weighted by Gasteiger charge is -2.66. The van der Waals surface area contributed by atoms with Gasteiger partial charge in [-0.3, -0.25) is 29.3 Å². The zero-order valence-electron chi connectivity index (χ0n) is 26.9. The average molecular weight is 657 g/mol. The van der Waals surface area contributed by atoms with Crippen LogP contribution >= 0.6 is 0 Å². The van der Waals surface area contributed by atoms with Crippen molar-refractivity contribution in [1.82, 2.24) is 15.1 Å². The molecule has 7 rings (SSSR count). The van der Waals surface area contributed by atoms with Gasteiger partial charge in [-0.05, 0) is 80.4 Å². The Bertz CT molecular complexity index is 1700. The summed E-state index contributed by atoms with van der Waals surface area (Å²) in [4.78, 5) is 86.2. The normalized spacial score (nSPS) is 31.4. The summed E-state index contributed by atoms with van der Waals surface area (Å²) in [7, 11) is 0. The third-order valence-corrected chi connectivity index (χ3v) is 11.3. The van der Waals surface area contributed by atoms with Crippen LogP contribution in [0.25, 0.3) is 0 Å². The van der Waals surface area contributed by atoms with Crippen molar-refractivity contribution in [3.63, 3.8) is 0 Å². The van der Waals surface area contributed by atoms with Gasteiger partial charge in [0, 0.05) is 6.54 Å². The Morgan fingerprint density at radius 1 is 1.02 bits per heavy atom. The van der Waals surface area contributed by atoms with E-state index in [1.165, 1.54) is 18.0 Å². The van der Waals surface area contributed by atoms with Crippen molar-refractivity contribution in [2.45, 2.75) is 76.0 Å². The molecule has 4 aliphatic carbocycles. The molecular formula is C35H40N6O7. The molecule has 2 aromatic carbocycles. The number of hydrogen-bond acceptors (Lipinski definition) is 9. The highest BCUT2D eigenvalue weighted by molar-refractivity contribution is 6.15. The minimum atomic E-state index is -2.06. The molecule has 5 atom stereocenters. The summed E-state index contributed by atoms with van der Waals surface area (Å²) in [6.07, 6.45) is 3.09. The second kappa shape index (κ2) is 12.0. The molecule has 4 bridgehead atoms. The molecule has 48 heavy (non-hydrogen) atoms. The van der Waals surface area contributed by atoms with Crippen LogP contribution in [0.15, 0.2) is 59.7 Å². The van der Waals surface area contributed by atoms with Gasteiger partial charge in [-0.1, -0.05) is 54.6 Å². The Balaban J connectivity index is 1.55. The monoisotopic (exact) mass is 656 g/mol. The van der Waals surface area contributed by atoms with E-state index in [1.807, 2.05) is 30.3 Å². The van der Waals surface area contributed by atoms with E-state index >= 15 is 9.59 Å². The highest BCUT2D eigenvalue weighted by Crippen LogP contribution is 2.68. The third-order valence-electron chi connectivity index (χ3n) is 11.3. The molecule has 1 aliphatic heterocycles. The number of rotatable bonds is 10. The smallest absolute Gasteiger partial charge is 0.329 e. The van der Waals surface area contributed by atoms with E-state index in [2.05, 4.69) is 10.4 Å². The zero-order chi connectivity index (χ0) is 34.6. The standard InChI is InChI=1S/C35H40N6O7/c1-20(42)34-16-23-12-24(17-34)14-26(13-23)35(34,30(46)39-29(45)27(36)15-28(43)44)41-31(47)33(2,25-10-8-21(9-11-25)18-38-37)40(32(41)48)19-22-6-4-3-5-7-22/h3-11,18,23-24,26-27H,12-17,19,36-37H2,1-2H3,(H,43,44)(H,39,45,46)/t23?,24?,26?,27-,33+,34?,35+/m0/s1. The van der Waals surface area contributed by atoms with Gasteiger partial charge in [0.1, 0.15) is 16.9 Å². The second-order valence-electron chi connectivity index (χ2n) is 13.9. The molecule has 2 unspecified atom stereocenters. The molecule has 0 spiro atoms. The summed E-state index contributed by atoms with van der Waals surface area (Å²) in [5.74, 6) is 0.515. The predicted octanol–water partition coefficient (Wildman–Crippen LogP) is 2.26. The highest BCUT2D eigenvalue weighted by Gasteiger charge is 2.78. The van der Waals surface area contributed by atoms with Crippen molar-refractivity contribution in [1.29, 1.82) is 0 Å². The number of carboxylic acids is 1. The molecule has 0 aromatic heterocycles. The minimum absolute atomic E-state index is 0.00747. The first-order valence-corrected chi connectivity index (χ1v) is 16.2. The van der Waals surface area contributed by atoms with Crippen LogP contribution in [0.3, 0.4) is 0 Å². The first-order valence-electron chi connectivity index (χ1n) is 16.2. The number of aliphatic carboxylic acids is 1. The van der Waals surface area contributed by atoms with E-state index < -0.39 is 64.6 Å². The number of nitrogens with zero attached hydrogens (tertiary/aromatic N) is 3. The number of carbonyl (C=O) groups excluding carboxylic acids is 5. The molecule has 0 radical (unpaired) electrons. The fraction of sp³-hybridized carbons (Fsp3) is 0.457. The van der Waals surface area contributed by atoms with Gasteiger partial charge in [0.2, 0.25) is 5.91 Å². The lowest BCUT2D eigenvalue weighted by Crippen LogP contribution is -2.80. The number of hydrazone groups is 1. The number of ketones is 1. The van der Waals surface area contributed by atoms with Crippen molar-refractivity contribution >= 4 is 41.7 Å². The topological polar surface area (TPSA) is 206 Å². The van der Waals surface area contributed by atoms with E-state index in [-0.39, 0.29) is 37.0 Å². The number of carbonyl (C=O) groups is 6. The highest BCUT2D eigenvalue weighted by atomic mass is 16.4. The summed E-state index contributed by atoms with van der Waals surface area (Å²) in [5, 5.41) is 15.1. The number of nitrogens with two attached hydrogens (primary N) is 2. The van der Waals surface area contributed by atoms with E-state index in [0.29, 0.717) is 24.0 Å². The van der Waals surface area contributed by atoms with Gasteiger partial charge in [-0.2, -0.15) is 5.10 Å². The maximum absolute atomic E-state index is 15.3. The van der Waals surface area contributed by atoms with Crippen molar-refractivity contribution in [3.05, 3.63) is 71.3 Å². The first kappa shape index (κ1) is 33.0. The van der Waals surface area contributed by atoms with Crippen LogP contribution in [0.5, 0.6) is 0 Å². The number of amides is 5. The fourth-order valence-corrected chi connectivity index (χ4v) is 9.34. The average Bonchev–Trinajstić information content (AvgIpc) is 3.22. The van der Waals surface area contributed by atoms with Gasteiger partial charge in [0.15, 0.2) is 0 Å². The number of nitrogens with one attached hydrogen (secondary N) is 1. The molecular weight excluding hydrogens is 616 g/mol. The van der Waals surface area contributed by atoms with Crippen molar-refractivity contribution in [2.75, 3.05) is 0 Å². The SMILES string of the molecule is CC(=O)C12CC3CC(CC(C3)[C@]1(C(=O)NC(=O)[C@@H](N)CC(=O)O)N1C(=O)N(Cc3ccccc3)[C@](C)(c3ccc(C=NN)cc3)C1=O)C2. The first-order chi connectivity index (χ1) is 22.8. The Hall–Kier alpha value is -4.91. The van der Waals surface area contributed by atoms with Crippen LogP contribution in [0.4, 0.5) is 4.79 Å². The van der Waals surface area contributed by atoms with Crippen molar-refractivity contribution in [2.24, 2.45) is 39.8 Å². The van der Waals surface area contributed by atoms with Gasteiger partial charge in [0.05, 0.1) is 24.1 Å². The summed E-state index contributed by atoms with van der Waals surface area (Å²) in [5.41, 5.74) is 2.57. The molecule has 13 nitrogen and oxygen atoms in total. The van der Waals surface area contributed by atoms with Crippen LogP contribution in [0.1, 0.15) is 69.1 Å². The lowest BCUT2D eigenvalue weighted by atomic mass is 9.40. The summed E-state index contributed by atoms with van der Waals surface area (Å²) in [6.45, 7) is 3.02. The molecule has 4 saturated carbocycles. The van der Waals surface area contributed by atoms with E-state index in [0.717, 1.165) is 16.9 Å². The van der Waals surface area contributed by atoms with Gasteiger partial charge >= 0.3 is 12.0 Å². The fourth-order valence-electron chi connectivity index (χ4n) is 9.34. The molecule has 252 valence electrons. The number of carboxylic acid groups (broad SMARTS) is 1. The van der Waals surface area contributed by atoms with Crippen molar-refractivity contribution < 1.29 is 33.9 Å². The van der Waals surface area contributed by atoms with Gasteiger partial charge in [-0.15, -0.1) is 0 Å². The minimum Gasteiger partial charge on any atom is -0.481 e. The van der Waals surface area contributed by atoms with Gasteiger partial charge in [-0.25, -0.2) is 9.69 Å². The van der Waals surface area contributed by atoms with E-state index in [1.54, 1.807) is 31.2 Å². The summed E-state index contributed by atoms with van der Waals surface area (Å²) >= 11 is 0. The van der Waals surface area contributed by atoms with Crippen LogP contribution < -0.4 is 16.9 Å². The maximum Gasteiger partial charge on any atom is 0.329 e. The van der Waals surface area contributed by atoms with Crippen LogP contribution in [0, 0.1) is 23.2 Å². The van der Waals surface area contributed by atoms with E-state index in [4.69, 9.17) is 11.6 Å². The van der Waals surface area contributed by atoms with E-state index in [9.17, 15) is 24.3 Å². The third kappa shape index (κ3) is 4.82. The maximum atomic E-state index is 15.3. The summed E-state index contributed by atoms with van der Waals surface area (Å²) < 4.78 is 0. The largest absolute Gasteiger partial charge is 0.481 e. The second-order valence-corrected chi connectivity index (χ2v) is 13.9. The van der Waals surface area contributed by atoms with Gasteiger partial charge in [0.25, 0.3) is 11.8 Å². The van der Waals surface area contributed by atoms with Crippen LogP contribution in [-0.2, 0) is 36.1 Å². The Morgan fingerprint density at radius 2 is 1.65 bits per heavy atom. The molecule has 1 heterocycles. The Labute approximate surface area is 277 Å². The quantitative estimate of drug-likeness (QED) is 0.128. The van der Waals surface area contributed by atoms with Crippen molar-refractivity contribution in [3.8, 4) is 0 Å². The molecule has 5 amide bonds. The van der Waals surface area contributed by atoms with Crippen LogP contribution in [0.2, 0.25) is 0 Å². The van der Waals surface area contributed by atoms with Crippen LogP contribution in [-0.4, -0.2) is 68.2 Å². The molecule has 13 heteroatoms. The Morgan fingerprint density at radius 3 is 2.21 bits per heavy atom. The summed E-state index contributed by atoms with van der Waals surface area (Å²) in [6, 6.07) is 13.6.